The molecule has 0 atom stereocenters. The predicted octanol–water partition coefficient (Wildman–Crippen LogP) is 3.50. The summed E-state index contributed by atoms with van der Waals surface area (Å²) in [6.45, 7) is 2.05. The molecule has 2 heteroatoms. The molecule has 2 rings (SSSR count). The minimum atomic E-state index is 0.790. The van der Waals surface area contributed by atoms with E-state index in [1.807, 2.05) is 12.1 Å². The lowest BCUT2D eigenvalue weighted by Gasteiger charge is -1.89. The van der Waals surface area contributed by atoms with Crippen molar-refractivity contribution in [2.45, 2.75) is 6.92 Å². The Morgan fingerprint density at radius 1 is 1.27 bits per heavy atom. The van der Waals surface area contributed by atoms with E-state index in [0.29, 0.717) is 0 Å². The molecule has 2 aromatic rings. The molecule has 1 heterocycles. The van der Waals surface area contributed by atoms with Gasteiger partial charge in [-0.3, -0.25) is 0 Å². The quantitative estimate of drug-likeness (QED) is 0.649. The second kappa shape index (κ2) is 2.38. The molecule has 0 amide bonds. The molecule has 0 aliphatic heterocycles. The van der Waals surface area contributed by atoms with E-state index in [2.05, 4.69) is 35.0 Å². The van der Waals surface area contributed by atoms with Crippen molar-refractivity contribution in [3.8, 4) is 0 Å². The van der Waals surface area contributed by atoms with Crippen LogP contribution in [0.2, 0.25) is 0 Å². The van der Waals surface area contributed by atoms with Gasteiger partial charge in [0.1, 0.15) is 5.58 Å². The van der Waals surface area contributed by atoms with Crippen molar-refractivity contribution < 1.29 is 4.42 Å². The van der Waals surface area contributed by atoms with Crippen LogP contribution < -0.4 is 0 Å². The standard InChI is InChI=1S/C9H7BrO/c1-6-2-3-7-5-9(10)11-8(7)4-6/h2-5H,1H3. The number of hydrogen-bond donors (Lipinski definition) is 0. The van der Waals surface area contributed by atoms with Crippen molar-refractivity contribution in [1.29, 1.82) is 0 Å². The first kappa shape index (κ1) is 6.92. The van der Waals surface area contributed by atoms with Gasteiger partial charge >= 0.3 is 0 Å². The molecular formula is C9H7BrO. The molecule has 0 unspecified atom stereocenters. The lowest BCUT2D eigenvalue weighted by atomic mass is 10.2. The second-order valence-corrected chi connectivity index (χ2v) is 3.37. The van der Waals surface area contributed by atoms with E-state index in [1.54, 1.807) is 0 Å². The van der Waals surface area contributed by atoms with E-state index in [9.17, 15) is 0 Å². The third-order valence-electron chi connectivity index (χ3n) is 1.65. The van der Waals surface area contributed by atoms with Gasteiger partial charge in [-0.15, -0.1) is 0 Å². The summed E-state index contributed by atoms with van der Waals surface area (Å²) in [6.07, 6.45) is 0. The van der Waals surface area contributed by atoms with E-state index >= 15 is 0 Å². The summed E-state index contributed by atoms with van der Waals surface area (Å²) in [5.74, 6) is 0. The summed E-state index contributed by atoms with van der Waals surface area (Å²) in [5, 5.41) is 1.14. The van der Waals surface area contributed by atoms with Gasteiger partial charge in [-0.1, -0.05) is 12.1 Å². The molecule has 0 fully saturated rings. The lowest BCUT2D eigenvalue weighted by Crippen LogP contribution is -1.67. The van der Waals surface area contributed by atoms with Crippen molar-refractivity contribution >= 4 is 26.9 Å². The lowest BCUT2D eigenvalue weighted by molar-refractivity contribution is 0.587. The first-order chi connectivity index (χ1) is 5.25. The fourth-order valence-corrected chi connectivity index (χ4v) is 1.53. The van der Waals surface area contributed by atoms with Gasteiger partial charge in [-0.25, -0.2) is 0 Å². The minimum Gasteiger partial charge on any atom is -0.449 e. The summed E-state index contributed by atoms with van der Waals surface area (Å²) in [4.78, 5) is 0. The van der Waals surface area contributed by atoms with Gasteiger partial charge in [0.05, 0.1) is 0 Å². The summed E-state index contributed by atoms with van der Waals surface area (Å²) in [5.41, 5.74) is 2.16. The molecule has 11 heavy (non-hydrogen) atoms. The van der Waals surface area contributed by atoms with Crippen LogP contribution in [0.25, 0.3) is 11.0 Å². The average Bonchev–Trinajstić information content (AvgIpc) is 2.27. The maximum absolute atomic E-state index is 5.37. The van der Waals surface area contributed by atoms with E-state index in [0.717, 1.165) is 15.6 Å². The summed E-state index contributed by atoms with van der Waals surface area (Å²) < 4.78 is 6.16. The topological polar surface area (TPSA) is 13.1 Å². The van der Waals surface area contributed by atoms with Crippen LogP contribution in [0, 0.1) is 6.92 Å². The van der Waals surface area contributed by atoms with Crippen LogP contribution in [0.15, 0.2) is 33.4 Å². The molecule has 0 aliphatic carbocycles. The van der Waals surface area contributed by atoms with Gasteiger partial charge in [-0.2, -0.15) is 0 Å². The Morgan fingerprint density at radius 3 is 2.91 bits per heavy atom. The number of furan rings is 1. The zero-order chi connectivity index (χ0) is 7.84. The van der Waals surface area contributed by atoms with Crippen LogP contribution in [0.1, 0.15) is 5.56 Å². The molecule has 0 bridgehead atoms. The summed E-state index contributed by atoms with van der Waals surface area (Å²) in [7, 11) is 0. The van der Waals surface area contributed by atoms with Crippen molar-refractivity contribution in [3.63, 3.8) is 0 Å². The van der Waals surface area contributed by atoms with Gasteiger partial charge < -0.3 is 4.42 Å². The van der Waals surface area contributed by atoms with E-state index in [-0.39, 0.29) is 0 Å². The molecule has 0 radical (unpaired) electrons. The fraction of sp³-hybridized carbons (Fsp3) is 0.111. The van der Waals surface area contributed by atoms with Crippen LogP contribution in [0.4, 0.5) is 0 Å². The van der Waals surface area contributed by atoms with Gasteiger partial charge in [0.2, 0.25) is 0 Å². The molecule has 0 saturated heterocycles. The van der Waals surface area contributed by atoms with Crippen LogP contribution in [0.5, 0.6) is 0 Å². The van der Waals surface area contributed by atoms with E-state index < -0.39 is 0 Å². The first-order valence-corrected chi connectivity index (χ1v) is 4.21. The van der Waals surface area contributed by atoms with Crippen molar-refractivity contribution in [3.05, 3.63) is 34.5 Å². The molecule has 0 spiro atoms. The van der Waals surface area contributed by atoms with Crippen LogP contribution >= 0.6 is 15.9 Å². The van der Waals surface area contributed by atoms with Gasteiger partial charge in [0.15, 0.2) is 4.67 Å². The molecule has 1 nitrogen and oxygen atoms in total. The third kappa shape index (κ3) is 1.18. The Kier molecular flexibility index (Phi) is 1.50. The summed E-state index contributed by atoms with van der Waals surface area (Å²) in [6, 6.07) is 8.12. The van der Waals surface area contributed by atoms with Crippen molar-refractivity contribution in [2.75, 3.05) is 0 Å². The molecule has 0 N–H and O–H groups in total. The number of halogens is 1. The molecule has 0 saturated carbocycles. The van der Waals surface area contributed by atoms with E-state index in [1.165, 1.54) is 5.56 Å². The normalized spacial score (nSPS) is 10.7. The van der Waals surface area contributed by atoms with Gasteiger partial charge in [0, 0.05) is 5.39 Å². The Morgan fingerprint density at radius 2 is 2.09 bits per heavy atom. The monoisotopic (exact) mass is 210 g/mol. The minimum absolute atomic E-state index is 0.790. The van der Waals surface area contributed by atoms with Gasteiger partial charge in [-0.05, 0) is 40.5 Å². The Bertz CT molecular complexity index is 389. The molecule has 56 valence electrons. The SMILES string of the molecule is Cc1ccc2cc(Br)oc2c1. The van der Waals surface area contributed by atoms with Crippen LogP contribution in [0.3, 0.4) is 0 Å². The first-order valence-electron chi connectivity index (χ1n) is 3.41. The molecule has 0 aliphatic rings. The highest BCUT2D eigenvalue weighted by Crippen LogP contribution is 2.23. The number of fused-ring (bicyclic) bond motifs is 1. The Labute approximate surface area is 73.1 Å². The largest absolute Gasteiger partial charge is 0.449 e. The number of benzene rings is 1. The average molecular weight is 211 g/mol. The highest BCUT2D eigenvalue weighted by molar-refractivity contribution is 9.10. The highest BCUT2D eigenvalue weighted by atomic mass is 79.9. The molecule has 1 aromatic carbocycles. The predicted molar refractivity (Wildman–Crippen MR) is 48.7 cm³/mol. The number of rotatable bonds is 0. The van der Waals surface area contributed by atoms with E-state index in [4.69, 9.17) is 4.42 Å². The third-order valence-corrected chi connectivity index (χ3v) is 2.04. The number of aryl methyl sites for hydroxylation is 1. The molecule has 1 aromatic heterocycles. The maximum atomic E-state index is 5.37. The smallest absolute Gasteiger partial charge is 0.170 e. The maximum Gasteiger partial charge on any atom is 0.170 e. The number of hydrogen-bond acceptors (Lipinski definition) is 1. The second-order valence-electron chi connectivity index (χ2n) is 2.59. The highest BCUT2D eigenvalue weighted by Gasteiger charge is 1.99. The summed E-state index contributed by atoms with van der Waals surface area (Å²) >= 11 is 3.28. The fourth-order valence-electron chi connectivity index (χ4n) is 1.11. The van der Waals surface area contributed by atoms with Crippen molar-refractivity contribution in [2.24, 2.45) is 0 Å². The van der Waals surface area contributed by atoms with Crippen molar-refractivity contribution in [1.82, 2.24) is 0 Å². The zero-order valence-electron chi connectivity index (χ0n) is 6.10. The Balaban J connectivity index is 2.82. The zero-order valence-corrected chi connectivity index (χ0v) is 7.68. The van der Waals surface area contributed by atoms with Crippen LogP contribution in [-0.2, 0) is 0 Å². The van der Waals surface area contributed by atoms with Gasteiger partial charge in [0.25, 0.3) is 0 Å². The Hall–Kier alpha value is -0.760. The van der Waals surface area contributed by atoms with Crippen LogP contribution in [-0.4, -0.2) is 0 Å². The molecular weight excluding hydrogens is 204 g/mol.